The zero-order chi connectivity index (χ0) is 13.4. The number of hydrogen-bond acceptors (Lipinski definition) is 5. The molecule has 4 nitrogen and oxygen atoms in total. The van der Waals surface area contributed by atoms with Crippen molar-refractivity contribution in [1.82, 2.24) is 4.98 Å². The van der Waals surface area contributed by atoms with Crippen LogP contribution >= 0.6 is 11.3 Å². The minimum absolute atomic E-state index is 0.0331. The lowest BCUT2D eigenvalue weighted by Gasteiger charge is -2.24. The summed E-state index contributed by atoms with van der Waals surface area (Å²) in [4.78, 5) is 4.48. The molecule has 0 saturated carbocycles. The van der Waals surface area contributed by atoms with Gasteiger partial charge in [0.05, 0.1) is 23.4 Å². The molecular formula is C13H18N2O2S. The van der Waals surface area contributed by atoms with Gasteiger partial charge in [-0.15, -0.1) is 11.3 Å². The summed E-state index contributed by atoms with van der Waals surface area (Å²) in [7, 11) is 0. The molecule has 0 radical (unpaired) electrons. The van der Waals surface area contributed by atoms with Crippen molar-refractivity contribution in [3.05, 3.63) is 16.1 Å². The molecule has 1 aliphatic rings. The molecule has 18 heavy (non-hydrogen) atoms. The Bertz CT molecular complexity index is 464. The molecule has 2 unspecified atom stereocenters. The van der Waals surface area contributed by atoms with Crippen LogP contribution in [0.5, 0.6) is 0 Å². The normalized spacial score (nSPS) is 25.9. The number of thiazole rings is 1. The zero-order valence-corrected chi connectivity index (χ0v) is 11.8. The van der Waals surface area contributed by atoms with Gasteiger partial charge in [0.1, 0.15) is 11.5 Å². The van der Waals surface area contributed by atoms with Crippen LogP contribution in [0.15, 0.2) is 5.38 Å². The molecular weight excluding hydrogens is 248 g/mol. The van der Waals surface area contributed by atoms with Gasteiger partial charge in [0.25, 0.3) is 0 Å². The molecule has 0 bridgehead atoms. The highest BCUT2D eigenvalue weighted by atomic mass is 32.1. The maximum absolute atomic E-state index is 10.4. The number of ether oxygens (including phenoxy) is 1. The maximum atomic E-state index is 10.4. The van der Waals surface area contributed by atoms with Gasteiger partial charge < -0.3 is 9.84 Å². The van der Waals surface area contributed by atoms with Gasteiger partial charge >= 0.3 is 0 Å². The van der Waals surface area contributed by atoms with Crippen LogP contribution in [0, 0.1) is 16.7 Å². The Morgan fingerprint density at radius 3 is 2.78 bits per heavy atom. The van der Waals surface area contributed by atoms with Gasteiger partial charge in [-0.25, -0.2) is 4.98 Å². The molecule has 0 aromatic carbocycles. The summed E-state index contributed by atoms with van der Waals surface area (Å²) in [5, 5.41) is 22.5. The fourth-order valence-electron chi connectivity index (χ4n) is 1.99. The number of aliphatic hydroxyl groups is 1. The van der Waals surface area contributed by atoms with Gasteiger partial charge in [-0.1, -0.05) is 20.8 Å². The third kappa shape index (κ3) is 2.28. The summed E-state index contributed by atoms with van der Waals surface area (Å²) >= 11 is 1.53. The van der Waals surface area contributed by atoms with Crippen LogP contribution in [0.4, 0.5) is 0 Å². The lowest BCUT2D eigenvalue weighted by molar-refractivity contribution is 0.0475. The molecule has 2 atom stereocenters. The van der Waals surface area contributed by atoms with Crippen molar-refractivity contribution in [3.63, 3.8) is 0 Å². The lowest BCUT2D eigenvalue weighted by Crippen LogP contribution is -2.28. The molecule has 1 saturated heterocycles. The third-order valence-corrected chi connectivity index (χ3v) is 4.53. The van der Waals surface area contributed by atoms with E-state index in [9.17, 15) is 10.4 Å². The van der Waals surface area contributed by atoms with E-state index >= 15 is 0 Å². The maximum Gasteiger partial charge on any atom is 0.118 e. The van der Waals surface area contributed by atoms with Gasteiger partial charge in [0.15, 0.2) is 0 Å². The molecule has 0 spiro atoms. The van der Waals surface area contributed by atoms with Crippen LogP contribution in [0.1, 0.15) is 44.0 Å². The van der Waals surface area contributed by atoms with Crippen molar-refractivity contribution in [2.45, 2.75) is 38.7 Å². The van der Waals surface area contributed by atoms with E-state index in [2.05, 4.69) is 31.8 Å². The minimum Gasteiger partial charge on any atom is -0.385 e. The number of nitriles is 1. The Hall–Kier alpha value is -0.960. The largest absolute Gasteiger partial charge is 0.385 e. The van der Waals surface area contributed by atoms with Crippen molar-refractivity contribution in [2.75, 3.05) is 13.2 Å². The highest BCUT2D eigenvalue weighted by Crippen LogP contribution is 2.41. The summed E-state index contributed by atoms with van der Waals surface area (Å²) in [5.41, 5.74) is -0.269. The Kier molecular flexibility index (Phi) is 3.45. The number of nitrogens with zero attached hydrogens (tertiary/aromatic N) is 2. The predicted molar refractivity (Wildman–Crippen MR) is 69.3 cm³/mol. The first kappa shape index (κ1) is 13.5. The van der Waals surface area contributed by atoms with Crippen molar-refractivity contribution in [3.8, 4) is 6.07 Å². The Morgan fingerprint density at radius 2 is 2.33 bits per heavy atom. The standard InChI is InChI=1S/C13H18N2O2S/c1-12(2,3)11-15-9(6-18-11)10(16)13(7-14)4-5-17-8-13/h6,10,16H,4-5,8H2,1-3H3. The van der Waals surface area contributed by atoms with Crippen molar-refractivity contribution < 1.29 is 9.84 Å². The molecule has 2 rings (SSSR count). The van der Waals surface area contributed by atoms with Crippen LogP contribution in [0.3, 0.4) is 0 Å². The molecule has 1 aromatic heterocycles. The topological polar surface area (TPSA) is 66.1 Å². The highest BCUT2D eigenvalue weighted by molar-refractivity contribution is 7.09. The van der Waals surface area contributed by atoms with Crippen molar-refractivity contribution in [1.29, 1.82) is 5.26 Å². The highest BCUT2D eigenvalue weighted by Gasteiger charge is 2.44. The number of aliphatic hydroxyl groups excluding tert-OH is 1. The van der Waals surface area contributed by atoms with Crippen LogP contribution in [-0.2, 0) is 10.2 Å². The monoisotopic (exact) mass is 266 g/mol. The fourth-order valence-corrected chi connectivity index (χ4v) is 2.91. The van der Waals surface area contributed by atoms with E-state index in [1.165, 1.54) is 11.3 Å². The average Bonchev–Trinajstić information content (AvgIpc) is 2.97. The predicted octanol–water partition coefficient (Wildman–Crippen LogP) is 2.40. The zero-order valence-electron chi connectivity index (χ0n) is 10.9. The first-order valence-electron chi connectivity index (χ1n) is 6.02. The molecule has 0 aliphatic carbocycles. The second kappa shape index (κ2) is 4.61. The van der Waals surface area contributed by atoms with Gasteiger partial charge in [0, 0.05) is 17.4 Å². The molecule has 2 heterocycles. The number of aromatic nitrogens is 1. The molecule has 98 valence electrons. The third-order valence-electron chi connectivity index (χ3n) is 3.24. The molecule has 1 aliphatic heterocycles. The number of hydrogen-bond donors (Lipinski definition) is 1. The van der Waals surface area contributed by atoms with E-state index in [1.54, 1.807) is 0 Å². The first-order chi connectivity index (χ1) is 8.39. The van der Waals surface area contributed by atoms with Gasteiger partial charge in [-0.2, -0.15) is 5.26 Å². The van der Waals surface area contributed by atoms with Crippen molar-refractivity contribution in [2.24, 2.45) is 5.41 Å². The lowest BCUT2D eigenvalue weighted by atomic mass is 9.81. The SMILES string of the molecule is CC(C)(C)c1nc(C(O)C2(C#N)CCOC2)cs1. The van der Waals surface area contributed by atoms with E-state index in [0.717, 1.165) is 5.01 Å². The summed E-state index contributed by atoms with van der Waals surface area (Å²) in [6.45, 7) is 7.07. The van der Waals surface area contributed by atoms with E-state index in [4.69, 9.17) is 4.74 Å². The smallest absolute Gasteiger partial charge is 0.118 e. The van der Waals surface area contributed by atoms with E-state index in [-0.39, 0.29) is 12.0 Å². The van der Waals surface area contributed by atoms with Crippen molar-refractivity contribution >= 4 is 11.3 Å². The summed E-state index contributed by atoms with van der Waals surface area (Å²) in [5.74, 6) is 0. The van der Waals surface area contributed by atoms with Gasteiger partial charge in [-0.3, -0.25) is 0 Å². The Morgan fingerprint density at radius 1 is 1.61 bits per heavy atom. The first-order valence-corrected chi connectivity index (χ1v) is 6.90. The van der Waals surface area contributed by atoms with Crippen LogP contribution in [-0.4, -0.2) is 23.3 Å². The van der Waals surface area contributed by atoms with Crippen LogP contribution in [0.2, 0.25) is 0 Å². The fraction of sp³-hybridized carbons (Fsp3) is 0.692. The summed E-state index contributed by atoms with van der Waals surface area (Å²) < 4.78 is 5.26. The van der Waals surface area contributed by atoms with Gasteiger partial charge in [0.2, 0.25) is 0 Å². The second-order valence-corrected chi connectivity index (χ2v) is 6.66. The molecule has 1 fully saturated rings. The molecule has 0 amide bonds. The van der Waals surface area contributed by atoms with Crippen LogP contribution in [0.25, 0.3) is 0 Å². The summed E-state index contributed by atoms with van der Waals surface area (Å²) in [6.07, 6.45) is -0.301. The van der Waals surface area contributed by atoms with Crippen LogP contribution < -0.4 is 0 Å². The van der Waals surface area contributed by atoms with E-state index in [0.29, 0.717) is 18.7 Å². The average molecular weight is 266 g/mol. The summed E-state index contributed by atoms with van der Waals surface area (Å²) in [6, 6.07) is 2.21. The Balaban J connectivity index is 2.27. The van der Waals surface area contributed by atoms with E-state index < -0.39 is 11.5 Å². The quantitative estimate of drug-likeness (QED) is 0.892. The molecule has 1 aromatic rings. The van der Waals surface area contributed by atoms with Gasteiger partial charge in [-0.05, 0) is 6.42 Å². The van der Waals surface area contributed by atoms with E-state index in [1.807, 2.05) is 5.38 Å². The Labute approximate surface area is 111 Å². The second-order valence-electron chi connectivity index (χ2n) is 5.80. The molecule has 5 heteroatoms. The number of rotatable bonds is 2. The minimum atomic E-state index is -0.864. The molecule has 1 N–H and O–H groups in total.